The minimum absolute atomic E-state index is 0.178. The lowest BCUT2D eigenvalue weighted by Gasteiger charge is -2.10. The predicted octanol–water partition coefficient (Wildman–Crippen LogP) is 1.06. The fourth-order valence-electron chi connectivity index (χ4n) is 1.57. The van der Waals surface area contributed by atoms with Crippen molar-refractivity contribution in [3.8, 4) is 0 Å². The number of hydrogen-bond donors (Lipinski definition) is 1. The van der Waals surface area contributed by atoms with Crippen LogP contribution in [-0.4, -0.2) is 36.0 Å². The maximum Gasteiger partial charge on any atom is 0.151 e. The molecule has 0 aliphatic carbocycles. The Hall–Kier alpha value is -0.880. The van der Waals surface area contributed by atoms with Crippen LogP contribution in [0.1, 0.15) is 26.5 Å². The van der Waals surface area contributed by atoms with E-state index < -0.39 is 9.84 Å². The summed E-state index contributed by atoms with van der Waals surface area (Å²) in [7, 11) is -2.92. The van der Waals surface area contributed by atoms with Gasteiger partial charge in [-0.15, -0.1) is 0 Å². The normalized spacial score (nSPS) is 12.2. The Labute approximate surface area is 110 Å². The number of sulfone groups is 1. The molecule has 104 valence electrons. The van der Waals surface area contributed by atoms with Gasteiger partial charge in [-0.2, -0.15) is 0 Å². The zero-order chi connectivity index (χ0) is 13.6. The molecule has 1 heterocycles. The van der Waals surface area contributed by atoms with Crippen LogP contribution in [0.4, 0.5) is 0 Å². The van der Waals surface area contributed by atoms with E-state index in [1.165, 1.54) is 0 Å². The number of aromatic nitrogens is 2. The van der Waals surface area contributed by atoms with E-state index in [4.69, 9.17) is 0 Å². The van der Waals surface area contributed by atoms with Gasteiger partial charge < -0.3 is 9.88 Å². The number of imidazole rings is 1. The van der Waals surface area contributed by atoms with Crippen LogP contribution in [0.15, 0.2) is 12.5 Å². The first-order valence-electron chi connectivity index (χ1n) is 6.34. The average Bonchev–Trinajstić information content (AvgIpc) is 2.74. The second-order valence-corrected chi connectivity index (χ2v) is 7.31. The van der Waals surface area contributed by atoms with E-state index in [1.807, 2.05) is 4.57 Å². The van der Waals surface area contributed by atoms with E-state index in [0.29, 0.717) is 12.5 Å². The molecule has 0 saturated carbocycles. The Kier molecular flexibility index (Phi) is 5.81. The molecular formula is C12H23N3O2S. The van der Waals surface area contributed by atoms with Gasteiger partial charge in [0.05, 0.1) is 17.8 Å². The summed E-state index contributed by atoms with van der Waals surface area (Å²) in [5.41, 5.74) is 1.03. The largest absolute Gasteiger partial charge is 0.332 e. The Morgan fingerprint density at radius 3 is 2.78 bits per heavy atom. The molecule has 6 heteroatoms. The van der Waals surface area contributed by atoms with Crippen LogP contribution in [-0.2, 0) is 22.9 Å². The summed E-state index contributed by atoms with van der Waals surface area (Å²) in [6.45, 7) is 8.13. The van der Waals surface area contributed by atoms with Crippen molar-refractivity contribution in [3.63, 3.8) is 0 Å². The Morgan fingerprint density at radius 1 is 1.44 bits per heavy atom. The van der Waals surface area contributed by atoms with Gasteiger partial charge in [0.2, 0.25) is 0 Å². The molecule has 0 radical (unpaired) electrons. The van der Waals surface area contributed by atoms with E-state index in [0.717, 1.165) is 18.8 Å². The lowest BCUT2D eigenvalue weighted by Crippen LogP contribution is -2.22. The molecule has 1 N–H and O–H groups in total. The Bertz CT molecular complexity index is 452. The monoisotopic (exact) mass is 273 g/mol. The summed E-state index contributed by atoms with van der Waals surface area (Å²) in [4.78, 5) is 4.07. The van der Waals surface area contributed by atoms with Crippen molar-refractivity contribution in [1.29, 1.82) is 0 Å². The SMILES string of the molecule is CCS(=O)(=O)CCn1cncc1CNCC(C)C. The second kappa shape index (κ2) is 6.89. The van der Waals surface area contributed by atoms with Crippen LogP contribution in [0.3, 0.4) is 0 Å². The molecular weight excluding hydrogens is 250 g/mol. The summed E-state index contributed by atoms with van der Waals surface area (Å²) in [5, 5.41) is 3.33. The number of aryl methyl sites for hydroxylation is 1. The summed E-state index contributed by atoms with van der Waals surface area (Å²) in [6.07, 6.45) is 3.48. The molecule has 1 rings (SSSR count). The molecule has 0 aliphatic rings. The van der Waals surface area contributed by atoms with Crippen LogP contribution in [0, 0.1) is 5.92 Å². The molecule has 1 aromatic rings. The molecule has 0 amide bonds. The van der Waals surface area contributed by atoms with E-state index in [2.05, 4.69) is 24.1 Å². The van der Waals surface area contributed by atoms with Crippen molar-refractivity contribution in [3.05, 3.63) is 18.2 Å². The zero-order valence-corrected chi connectivity index (χ0v) is 12.2. The van der Waals surface area contributed by atoms with Gasteiger partial charge in [-0.1, -0.05) is 20.8 Å². The number of rotatable bonds is 8. The van der Waals surface area contributed by atoms with Crippen molar-refractivity contribution in [2.24, 2.45) is 5.92 Å². The quantitative estimate of drug-likeness (QED) is 0.769. The summed E-state index contributed by atoms with van der Waals surface area (Å²) in [6, 6.07) is 0. The molecule has 0 aromatic carbocycles. The highest BCUT2D eigenvalue weighted by Gasteiger charge is 2.09. The van der Waals surface area contributed by atoms with Crippen LogP contribution >= 0.6 is 0 Å². The molecule has 0 aliphatic heterocycles. The van der Waals surface area contributed by atoms with Crippen LogP contribution < -0.4 is 5.32 Å². The third kappa shape index (κ3) is 5.18. The maximum atomic E-state index is 11.5. The average molecular weight is 273 g/mol. The first kappa shape index (κ1) is 15.2. The highest BCUT2D eigenvalue weighted by molar-refractivity contribution is 7.91. The molecule has 0 bridgehead atoms. The molecule has 0 spiro atoms. The zero-order valence-electron chi connectivity index (χ0n) is 11.4. The van der Waals surface area contributed by atoms with E-state index >= 15 is 0 Å². The molecule has 5 nitrogen and oxygen atoms in total. The van der Waals surface area contributed by atoms with E-state index in [9.17, 15) is 8.42 Å². The van der Waals surface area contributed by atoms with E-state index in [1.54, 1.807) is 19.4 Å². The number of nitrogens with one attached hydrogen (secondary N) is 1. The standard InChI is InChI=1S/C12H23N3O2S/c1-4-18(16,17)6-5-15-10-14-9-12(15)8-13-7-11(2)3/h9-11,13H,4-8H2,1-3H3. The van der Waals surface area contributed by atoms with E-state index in [-0.39, 0.29) is 11.5 Å². The van der Waals surface area contributed by atoms with Crippen molar-refractivity contribution in [1.82, 2.24) is 14.9 Å². The minimum atomic E-state index is -2.92. The first-order chi connectivity index (χ1) is 8.44. The van der Waals surface area contributed by atoms with Gasteiger partial charge in [0, 0.05) is 25.0 Å². The summed E-state index contributed by atoms with van der Waals surface area (Å²) >= 11 is 0. The van der Waals surface area contributed by atoms with Gasteiger partial charge in [0.15, 0.2) is 9.84 Å². The third-order valence-electron chi connectivity index (χ3n) is 2.74. The van der Waals surface area contributed by atoms with Crippen molar-refractivity contribution in [2.75, 3.05) is 18.1 Å². The van der Waals surface area contributed by atoms with Crippen molar-refractivity contribution < 1.29 is 8.42 Å². The topological polar surface area (TPSA) is 64.0 Å². The Morgan fingerprint density at radius 2 is 2.17 bits per heavy atom. The lowest BCUT2D eigenvalue weighted by atomic mass is 10.2. The molecule has 0 fully saturated rings. The van der Waals surface area contributed by atoms with Gasteiger partial charge >= 0.3 is 0 Å². The fourth-order valence-corrected chi connectivity index (χ4v) is 2.33. The van der Waals surface area contributed by atoms with Crippen LogP contribution in [0.5, 0.6) is 0 Å². The Balaban J connectivity index is 2.50. The first-order valence-corrected chi connectivity index (χ1v) is 8.17. The fraction of sp³-hybridized carbons (Fsp3) is 0.750. The molecule has 18 heavy (non-hydrogen) atoms. The molecule has 0 unspecified atom stereocenters. The number of hydrogen-bond acceptors (Lipinski definition) is 4. The highest BCUT2D eigenvalue weighted by atomic mass is 32.2. The molecule has 0 saturated heterocycles. The van der Waals surface area contributed by atoms with Gasteiger partial charge in [-0.05, 0) is 12.5 Å². The maximum absolute atomic E-state index is 11.5. The smallest absolute Gasteiger partial charge is 0.151 e. The third-order valence-corrected chi connectivity index (χ3v) is 4.42. The predicted molar refractivity (Wildman–Crippen MR) is 73.1 cm³/mol. The summed E-state index contributed by atoms with van der Waals surface area (Å²) in [5.74, 6) is 0.974. The summed E-state index contributed by atoms with van der Waals surface area (Å²) < 4.78 is 24.8. The second-order valence-electron chi connectivity index (χ2n) is 4.84. The van der Waals surface area contributed by atoms with Gasteiger partial charge in [-0.25, -0.2) is 13.4 Å². The highest BCUT2D eigenvalue weighted by Crippen LogP contribution is 2.01. The molecule has 0 atom stereocenters. The molecule has 1 aromatic heterocycles. The van der Waals surface area contributed by atoms with Crippen molar-refractivity contribution >= 4 is 9.84 Å². The van der Waals surface area contributed by atoms with Crippen LogP contribution in [0.2, 0.25) is 0 Å². The van der Waals surface area contributed by atoms with Gasteiger partial charge in [0.25, 0.3) is 0 Å². The van der Waals surface area contributed by atoms with Gasteiger partial charge in [0.1, 0.15) is 0 Å². The number of nitrogens with zero attached hydrogens (tertiary/aromatic N) is 2. The minimum Gasteiger partial charge on any atom is -0.332 e. The lowest BCUT2D eigenvalue weighted by molar-refractivity contribution is 0.536. The van der Waals surface area contributed by atoms with Gasteiger partial charge in [-0.3, -0.25) is 0 Å². The van der Waals surface area contributed by atoms with Crippen LogP contribution in [0.25, 0.3) is 0 Å². The van der Waals surface area contributed by atoms with Crippen molar-refractivity contribution in [2.45, 2.75) is 33.9 Å².